The van der Waals surface area contributed by atoms with Gasteiger partial charge in [-0.15, -0.1) is 11.3 Å². The summed E-state index contributed by atoms with van der Waals surface area (Å²) in [6.07, 6.45) is 0.436. The van der Waals surface area contributed by atoms with Crippen molar-refractivity contribution in [1.29, 1.82) is 0 Å². The van der Waals surface area contributed by atoms with Crippen LogP contribution in [0.5, 0.6) is 5.75 Å². The van der Waals surface area contributed by atoms with E-state index in [2.05, 4.69) is 10.3 Å². The van der Waals surface area contributed by atoms with Gasteiger partial charge in [-0.2, -0.15) is 0 Å². The minimum Gasteiger partial charge on any atom is -0.497 e. The van der Waals surface area contributed by atoms with E-state index in [1.54, 1.807) is 25.6 Å². The van der Waals surface area contributed by atoms with Crippen LogP contribution in [0.15, 0.2) is 48.0 Å². The molecule has 6 heteroatoms. The third-order valence-electron chi connectivity index (χ3n) is 3.97. The molecule has 0 saturated heterocycles. The largest absolute Gasteiger partial charge is 0.497 e. The zero-order chi connectivity index (χ0) is 17.9. The predicted molar refractivity (Wildman–Crippen MR) is 99.3 cm³/mol. The minimum atomic E-state index is -1.04. The molecule has 0 saturated carbocycles. The molecule has 1 aromatic heterocycles. The molecule has 130 valence electrons. The zero-order valence-electron chi connectivity index (χ0n) is 14.2. The van der Waals surface area contributed by atoms with Crippen LogP contribution < -0.4 is 10.1 Å². The fraction of sp³-hybridized carbons (Fsp3) is 0.263. The van der Waals surface area contributed by atoms with Gasteiger partial charge in [0.15, 0.2) is 0 Å². The van der Waals surface area contributed by atoms with Crippen LogP contribution in [-0.2, 0) is 6.42 Å². The van der Waals surface area contributed by atoms with Crippen molar-refractivity contribution in [2.75, 3.05) is 13.7 Å². The summed E-state index contributed by atoms with van der Waals surface area (Å²) in [5, 5.41) is 13.4. The third kappa shape index (κ3) is 4.35. The van der Waals surface area contributed by atoms with Crippen LogP contribution in [0.1, 0.15) is 22.8 Å². The number of aliphatic hydroxyl groups is 1. The highest BCUT2D eigenvalue weighted by Gasteiger charge is 2.22. The van der Waals surface area contributed by atoms with E-state index in [1.165, 1.54) is 11.3 Å². The molecule has 0 spiro atoms. The number of rotatable bonds is 6. The topological polar surface area (TPSA) is 71.5 Å². The van der Waals surface area contributed by atoms with Crippen LogP contribution >= 0.6 is 11.3 Å². The van der Waals surface area contributed by atoms with Gasteiger partial charge in [0.25, 0.3) is 5.91 Å². The number of thiazole rings is 1. The first-order valence-corrected chi connectivity index (χ1v) is 8.82. The highest BCUT2D eigenvalue weighted by Crippen LogP contribution is 2.20. The lowest BCUT2D eigenvalue weighted by Crippen LogP contribution is -2.42. The predicted octanol–water partition coefficient (Wildman–Crippen LogP) is 3.03. The van der Waals surface area contributed by atoms with Crippen LogP contribution in [0.2, 0.25) is 0 Å². The van der Waals surface area contributed by atoms with Crippen molar-refractivity contribution in [3.63, 3.8) is 0 Å². The number of aromatic nitrogens is 1. The number of nitrogens with one attached hydrogen (secondary N) is 1. The number of carbonyl (C=O) groups excluding carboxylic acids is 1. The number of carbonyl (C=O) groups is 1. The number of nitrogens with zero attached hydrogens (tertiary/aromatic N) is 1. The molecule has 0 fully saturated rings. The summed E-state index contributed by atoms with van der Waals surface area (Å²) in [6, 6.07) is 12.9. The molecule has 0 aliphatic carbocycles. The van der Waals surface area contributed by atoms with E-state index in [-0.39, 0.29) is 12.5 Å². The number of hydrogen-bond acceptors (Lipinski definition) is 5. The monoisotopic (exact) mass is 356 g/mol. The molecule has 3 rings (SSSR count). The number of hydrogen-bond donors (Lipinski definition) is 2. The summed E-state index contributed by atoms with van der Waals surface area (Å²) in [6.45, 7) is 1.88. The van der Waals surface area contributed by atoms with Gasteiger partial charge in [-0.1, -0.05) is 12.1 Å². The molecule has 0 radical (unpaired) electrons. The van der Waals surface area contributed by atoms with Gasteiger partial charge in [0.2, 0.25) is 0 Å². The van der Waals surface area contributed by atoms with E-state index in [1.807, 2.05) is 36.4 Å². The number of amides is 1. The zero-order valence-corrected chi connectivity index (χ0v) is 15.0. The fourth-order valence-corrected chi connectivity index (χ4v) is 3.33. The van der Waals surface area contributed by atoms with E-state index < -0.39 is 5.60 Å². The number of fused-ring (bicyclic) bond motifs is 1. The summed E-state index contributed by atoms with van der Waals surface area (Å²) in [4.78, 5) is 16.5. The third-order valence-corrected chi connectivity index (χ3v) is 4.76. The van der Waals surface area contributed by atoms with Gasteiger partial charge in [0.05, 0.1) is 28.4 Å². The Hall–Kier alpha value is -2.44. The van der Waals surface area contributed by atoms with Crippen LogP contribution in [-0.4, -0.2) is 35.3 Å². The SMILES string of the molecule is COc1ccc(CC(C)(O)CNC(=O)c2ccc3ncsc3c2)cc1. The summed E-state index contributed by atoms with van der Waals surface area (Å²) < 4.78 is 6.10. The second-order valence-electron chi connectivity index (χ2n) is 6.24. The highest BCUT2D eigenvalue weighted by atomic mass is 32.1. The fourth-order valence-electron chi connectivity index (χ4n) is 2.61. The molecule has 3 aromatic rings. The van der Waals surface area contributed by atoms with Gasteiger partial charge in [0, 0.05) is 18.5 Å². The lowest BCUT2D eigenvalue weighted by molar-refractivity contribution is 0.0552. The lowest BCUT2D eigenvalue weighted by Gasteiger charge is -2.24. The minimum absolute atomic E-state index is 0.165. The molecule has 5 nitrogen and oxygen atoms in total. The first-order valence-electron chi connectivity index (χ1n) is 7.94. The molecular formula is C19H20N2O3S. The van der Waals surface area contributed by atoms with E-state index >= 15 is 0 Å². The molecule has 0 bridgehead atoms. The molecule has 1 amide bonds. The van der Waals surface area contributed by atoms with Gasteiger partial charge < -0.3 is 15.2 Å². The van der Waals surface area contributed by atoms with Crippen LogP contribution in [0.4, 0.5) is 0 Å². The Bertz CT molecular complexity index is 872. The van der Waals surface area contributed by atoms with E-state index in [4.69, 9.17) is 4.74 Å². The van der Waals surface area contributed by atoms with Gasteiger partial charge in [0.1, 0.15) is 5.75 Å². The van der Waals surface area contributed by atoms with Gasteiger partial charge in [-0.05, 0) is 42.8 Å². The van der Waals surface area contributed by atoms with E-state index in [0.717, 1.165) is 21.5 Å². The second-order valence-corrected chi connectivity index (χ2v) is 7.13. The Labute approximate surface area is 150 Å². The smallest absolute Gasteiger partial charge is 0.251 e. The Morgan fingerprint density at radius 2 is 2.04 bits per heavy atom. The highest BCUT2D eigenvalue weighted by molar-refractivity contribution is 7.16. The van der Waals surface area contributed by atoms with Crippen molar-refractivity contribution < 1.29 is 14.6 Å². The second kappa shape index (κ2) is 7.21. The molecule has 2 aromatic carbocycles. The molecule has 1 atom stereocenters. The number of benzene rings is 2. The summed E-state index contributed by atoms with van der Waals surface area (Å²) in [7, 11) is 1.62. The van der Waals surface area contributed by atoms with Gasteiger partial charge in [-0.25, -0.2) is 4.98 Å². The molecular weight excluding hydrogens is 336 g/mol. The van der Waals surface area contributed by atoms with Crippen LogP contribution in [0.3, 0.4) is 0 Å². The lowest BCUT2D eigenvalue weighted by atomic mass is 9.96. The Morgan fingerprint density at radius 3 is 2.76 bits per heavy atom. The van der Waals surface area contributed by atoms with Crippen LogP contribution in [0, 0.1) is 0 Å². The summed E-state index contributed by atoms with van der Waals surface area (Å²) >= 11 is 1.50. The average molecular weight is 356 g/mol. The Morgan fingerprint density at radius 1 is 1.28 bits per heavy atom. The maximum Gasteiger partial charge on any atom is 0.251 e. The first kappa shape index (κ1) is 17.4. The number of methoxy groups -OCH3 is 1. The molecule has 25 heavy (non-hydrogen) atoms. The van der Waals surface area contributed by atoms with Crippen molar-refractivity contribution in [2.24, 2.45) is 0 Å². The van der Waals surface area contributed by atoms with Crippen molar-refractivity contribution in [1.82, 2.24) is 10.3 Å². The van der Waals surface area contributed by atoms with Gasteiger partial charge >= 0.3 is 0 Å². The van der Waals surface area contributed by atoms with Crippen molar-refractivity contribution in [3.05, 3.63) is 59.1 Å². The summed E-state index contributed by atoms with van der Waals surface area (Å²) in [5.74, 6) is 0.570. The standard InChI is InChI=1S/C19H20N2O3S/c1-19(23,10-13-3-6-15(24-2)7-4-13)11-20-18(22)14-5-8-16-17(9-14)25-12-21-16/h3-9,12,23H,10-11H2,1-2H3,(H,20,22). The normalized spacial score (nSPS) is 13.4. The van der Waals surface area contributed by atoms with Crippen LogP contribution in [0.25, 0.3) is 10.2 Å². The molecule has 1 heterocycles. The Balaban J connectivity index is 1.61. The van der Waals surface area contributed by atoms with Crippen molar-refractivity contribution >= 4 is 27.5 Å². The van der Waals surface area contributed by atoms with Gasteiger partial charge in [-0.3, -0.25) is 4.79 Å². The maximum atomic E-state index is 12.3. The Kier molecular flexibility index (Phi) is 5.01. The summed E-state index contributed by atoms with van der Waals surface area (Å²) in [5.41, 5.74) is 3.14. The first-order chi connectivity index (χ1) is 12.0. The molecule has 0 aliphatic heterocycles. The van der Waals surface area contributed by atoms with Crippen molar-refractivity contribution in [3.8, 4) is 5.75 Å². The number of ether oxygens (including phenoxy) is 1. The molecule has 0 aliphatic rings. The van der Waals surface area contributed by atoms with E-state index in [0.29, 0.717) is 12.0 Å². The van der Waals surface area contributed by atoms with Crippen molar-refractivity contribution in [2.45, 2.75) is 18.9 Å². The molecule has 2 N–H and O–H groups in total. The quantitative estimate of drug-likeness (QED) is 0.712. The molecule has 1 unspecified atom stereocenters. The van der Waals surface area contributed by atoms with E-state index in [9.17, 15) is 9.90 Å². The average Bonchev–Trinajstić information content (AvgIpc) is 3.08. The maximum absolute atomic E-state index is 12.3.